The Morgan fingerprint density at radius 1 is 1.22 bits per heavy atom. The third-order valence-corrected chi connectivity index (χ3v) is 3.58. The normalized spacial score (nSPS) is 10.7. The Hall–Kier alpha value is -2.75. The van der Waals surface area contributed by atoms with E-state index >= 15 is 0 Å². The van der Waals surface area contributed by atoms with E-state index in [2.05, 4.69) is 0 Å². The van der Waals surface area contributed by atoms with Crippen LogP contribution in [0.4, 0.5) is 5.69 Å². The van der Waals surface area contributed by atoms with Gasteiger partial charge in [0.1, 0.15) is 5.75 Å². The van der Waals surface area contributed by atoms with Crippen molar-refractivity contribution in [1.82, 2.24) is 4.90 Å². The zero-order valence-electron chi connectivity index (χ0n) is 13.5. The van der Waals surface area contributed by atoms with E-state index in [1.54, 1.807) is 36.3 Å². The maximum absolute atomic E-state index is 12.3. The fraction of sp³-hybridized carbons (Fsp3) is 0.211. The Balaban J connectivity index is 2.05. The number of amides is 1. The largest absolute Gasteiger partial charge is 0.495 e. The molecule has 0 aliphatic rings. The van der Waals surface area contributed by atoms with E-state index in [4.69, 9.17) is 10.5 Å². The highest BCUT2D eigenvalue weighted by Gasteiger charge is 2.09. The van der Waals surface area contributed by atoms with Crippen molar-refractivity contribution in [2.75, 3.05) is 19.4 Å². The van der Waals surface area contributed by atoms with Crippen LogP contribution in [0.15, 0.2) is 54.6 Å². The van der Waals surface area contributed by atoms with Gasteiger partial charge in [0.15, 0.2) is 0 Å². The fourth-order valence-electron chi connectivity index (χ4n) is 2.28. The molecule has 0 aliphatic carbocycles. The minimum absolute atomic E-state index is 0.0225. The highest BCUT2D eigenvalue weighted by atomic mass is 16.5. The van der Waals surface area contributed by atoms with Gasteiger partial charge in [-0.15, -0.1) is 0 Å². The summed E-state index contributed by atoms with van der Waals surface area (Å²) < 4.78 is 5.12. The number of methoxy groups -OCH3 is 1. The number of nitrogens with zero attached hydrogens (tertiary/aromatic N) is 1. The third-order valence-electron chi connectivity index (χ3n) is 3.58. The second-order valence-corrected chi connectivity index (χ2v) is 5.17. The van der Waals surface area contributed by atoms with Crippen molar-refractivity contribution >= 4 is 17.7 Å². The number of ether oxygens (including phenoxy) is 1. The van der Waals surface area contributed by atoms with Crippen LogP contribution >= 0.6 is 0 Å². The molecule has 0 aliphatic heterocycles. The van der Waals surface area contributed by atoms with Gasteiger partial charge in [-0.25, -0.2) is 0 Å². The molecule has 120 valence electrons. The Morgan fingerprint density at radius 3 is 2.57 bits per heavy atom. The molecule has 4 nitrogen and oxygen atoms in total. The number of benzene rings is 2. The number of rotatable bonds is 6. The lowest BCUT2D eigenvalue weighted by molar-refractivity contribution is -0.126. The van der Waals surface area contributed by atoms with Crippen LogP contribution in [-0.4, -0.2) is 24.5 Å². The van der Waals surface area contributed by atoms with E-state index in [0.29, 0.717) is 24.5 Å². The van der Waals surface area contributed by atoms with Crippen molar-refractivity contribution in [3.63, 3.8) is 0 Å². The summed E-state index contributed by atoms with van der Waals surface area (Å²) >= 11 is 0. The summed E-state index contributed by atoms with van der Waals surface area (Å²) in [6.45, 7) is 3.23. The van der Waals surface area contributed by atoms with Crippen LogP contribution in [0.25, 0.3) is 6.08 Å². The van der Waals surface area contributed by atoms with Crippen molar-refractivity contribution in [3.8, 4) is 5.75 Å². The molecule has 0 spiro atoms. The van der Waals surface area contributed by atoms with E-state index in [9.17, 15) is 4.79 Å². The molecular weight excluding hydrogens is 288 g/mol. The molecular formula is C19H22N2O2. The van der Waals surface area contributed by atoms with Crippen molar-refractivity contribution in [2.45, 2.75) is 13.5 Å². The summed E-state index contributed by atoms with van der Waals surface area (Å²) in [5, 5.41) is 0. The molecule has 2 aromatic carbocycles. The SMILES string of the molecule is CCN(Cc1ccccc1)C(=O)/C=C/c1ccc(OC)c(N)c1. The van der Waals surface area contributed by atoms with Crippen LogP contribution in [0.3, 0.4) is 0 Å². The van der Waals surface area contributed by atoms with Crippen LogP contribution in [0.5, 0.6) is 5.75 Å². The fourth-order valence-corrected chi connectivity index (χ4v) is 2.28. The Bertz CT molecular complexity index is 681. The lowest BCUT2D eigenvalue weighted by Crippen LogP contribution is -2.28. The predicted octanol–water partition coefficient (Wildman–Crippen LogP) is 3.34. The van der Waals surface area contributed by atoms with Gasteiger partial charge >= 0.3 is 0 Å². The maximum atomic E-state index is 12.3. The zero-order valence-corrected chi connectivity index (χ0v) is 13.5. The summed E-state index contributed by atoms with van der Waals surface area (Å²) in [4.78, 5) is 14.1. The molecule has 0 aromatic heterocycles. The number of nitrogens with two attached hydrogens (primary N) is 1. The first-order valence-corrected chi connectivity index (χ1v) is 7.58. The summed E-state index contributed by atoms with van der Waals surface area (Å²) in [5.41, 5.74) is 8.41. The summed E-state index contributed by atoms with van der Waals surface area (Å²) in [5.74, 6) is 0.610. The van der Waals surface area contributed by atoms with Gasteiger partial charge in [0.2, 0.25) is 5.91 Å². The van der Waals surface area contributed by atoms with Gasteiger partial charge < -0.3 is 15.4 Å². The van der Waals surface area contributed by atoms with E-state index in [-0.39, 0.29) is 5.91 Å². The van der Waals surface area contributed by atoms with Crippen LogP contribution < -0.4 is 10.5 Å². The number of likely N-dealkylation sites (N-methyl/N-ethyl adjacent to an activating group) is 1. The molecule has 0 unspecified atom stereocenters. The van der Waals surface area contributed by atoms with E-state index < -0.39 is 0 Å². The molecule has 23 heavy (non-hydrogen) atoms. The molecule has 4 heteroatoms. The van der Waals surface area contributed by atoms with Crippen LogP contribution in [-0.2, 0) is 11.3 Å². The van der Waals surface area contributed by atoms with E-state index in [0.717, 1.165) is 11.1 Å². The van der Waals surface area contributed by atoms with E-state index in [1.165, 1.54) is 0 Å². The molecule has 0 fully saturated rings. The number of carbonyl (C=O) groups excluding carboxylic acids is 1. The molecule has 0 radical (unpaired) electrons. The zero-order chi connectivity index (χ0) is 16.7. The Morgan fingerprint density at radius 2 is 1.96 bits per heavy atom. The lowest BCUT2D eigenvalue weighted by Gasteiger charge is -2.19. The van der Waals surface area contributed by atoms with Gasteiger partial charge in [-0.2, -0.15) is 0 Å². The maximum Gasteiger partial charge on any atom is 0.246 e. The molecule has 2 rings (SSSR count). The van der Waals surface area contributed by atoms with Crippen LogP contribution in [0, 0.1) is 0 Å². The quantitative estimate of drug-likeness (QED) is 0.657. The van der Waals surface area contributed by atoms with Crippen molar-refractivity contribution < 1.29 is 9.53 Å². The van der Waals surface area contributed by atoms with Crippen molar-refractivity contribution in [1.29, 1.82) is 0 Å². The average Bonchev–Trinajstić information content (AvgIpc) is 2.58. The Kier molecular flexibility index (Phi) is 5.80. The van der Waals surface area contributed by atoms with Crippen molar-refractivity contribution in [3.05, 3.63) is 65.7 Å². The lowest BCUT2D eigenvalue weighted by atomic mass is 10.1. The summed E-state index contributed by atoms with van der Waals surface area (Å²) in [6, 6.07) is 15.4. The Labute approximate surface area is 137 Å². The second kappa shape index (κ2) is 8.03. The highest BCUT2D eigenvalue weighted by Crippen LogP contribution is 2.22. The number of anilines is 1. The van der Waals surface area contributed by atoms with Gasteiger partial charge in [-0.05, 0) is 36.3 Å². The monoisotopic (exact) mass is 310 g/mol. The minimum Gasteiger partial charge on any atom is -0.495 e. The third kappa shape index (κ3) is 4.61. The number of carbonyl (C=O) groups is 1. The van der Waals surface area contributed by atoms with Gasteiger partial charge in [0.05, 0.1) is 12.8 Å². The molecule has 2 aromatic rings. The predicted molar refractivity (Wildman–Crippen MR) is 94.0 cm³/mol. The second-order valence-electron chi connectivity index (χ2n) is 5.17. The molecule has 0 atom stereocenters. The molecule has 0 bridgehead atoms. The molecule has 0 saturated carbocycles. The molecule has 0 saturated heterocycles. The van der Waals surface area contributed by atoms with Gasteiger partial charge in [0.25, 0.3) is 0 Å². The number of hydrogen-bond donors (Lipinski definition) is 1. The van der Waals surface area contributed by atoms with Crippen molar-refractivity contribution in [2.24, 2.45) is 0 Å². The average molecular weight is 310 g/mol. The first-order valence-electron chi connectivity index (χ1n) is 7.58. The van der Waals surface area contributed by atoms with E-state index in [1.807, 2.05) is 43.3 Å². The standard InChI is InChI=1S/C19H22N2O2/c1-3-21(14-16-7-5-4-6-8-16)19(22)12-10-15-9-11-18(23-2)17(20)13-15/h4-13H,3,14,20H2,1-2H3/b12-10+. The van der Waals surface area contributed by atoms with Gasteiger partial charge in [0, 0.05) is 19.2 Å². The smallest absolute Gasteiger partial charge is 0.246 e. The molecule has 2 N–H and O–H groups in total. The highest BCUT2D eigenvalue weighted by molar-refractivity contribution is 5.92. The van der Waals surface area contributed by atoms with Crippen LogP contribution in [0.2, 0.25) is 0 Å². The topological polar surface area (TPSA) is 55.6 Å². The summed E-state index contributed by atoms with van der Waals surface area (Å²) in [7, 11) is 1.58. The van der Waals surface area contributed by atoms with Gasteiger partial charge in [-0.3, -0.25) is 4.79 Å². The van der Waals surface area contributed by atoms with Gasteiger partial charge in [-0.1, -0.05) is 36.4 Å². The molecule has 0 heterocycles. The number of nitrogen functional groups attached to an aromatic ring is 1. The molecule has 1 amide bonds. The minimum atomic E-state index is -0.0225. The first kappa shape index (κ1) is 16.6. The summed E-state index contributed by atoms with van der Waals surface area (Å²) in [6.07, 6.45) is 3.35. The van der Waals surface area contributed by atoms with Crippen LogP contribution in [0.1, 0.15) is 18.1 Å². The first-order chi connectivity index (χ1) is 11.1. The number of hydrogen-bond acceptors (Lipinski definition) is 3.